The molecule has 1 aromatic carbocycles. The molecule has 0 bridgehead atoms. The molecule has 0 heterocycles. The molecule has 0 aliphatic heterocycles. The van der Waals surface area contributed by atoms with Crippen LogP contribution in [0, 0.1) is 12.7 Å². The number of thioether (sulfide) groups is 1. The highest BCUT2D eigenvalue weighted by molar-refractivity contribution is 7.99. The van der Waals surface area contributed by atoms with E-state index in [1.54, 1.807) is 12.1 Å². The van der Waals surface area contributed by atoms with E-state index in [1.165, 1.54) is 32.1 Å². The van der Waals surface area contributed by atoms with E-state index in [9.17, 15) is 4.39 Å². The molecule has 1 N–H and O–H groups in total. The molecular weight excluding hydrogens is 281 g/mol. The van der Waals surface area contributed by atoms with Gasteiger partial charge in [0.25, 0.3) is 0 Å². The predicted molar refractivity (Wildman–Crippen MR) is 91.5 cm³/mol. The van der Waals surface area contributed by atoms with Crippen molar-refractivity contribution in [2.75, 3.05) is 12.3 Å². The molecule has 1 aliphatic carbocycles. The molecule has 118 valence electrons. The third-order valence-electron chi connectivity index (χ3n) is 4.16. The molecule has 1 saturated carbocycles. The maximum atomic E-state index is 13.7. The highest BCUT2D eigenvalue weighted by atomic mass is 32.2. The summed E-state index contributed by atoms with van der Waals surface area (Å²) in [7, 11) is 0. The van der Waals surface area contributed by atoms with Crippen LogP contribution >= 0.6 is 11.8 Å². The Kier molecular flexibility index (Phi) is 7.05. The van der Waals surface area contributed by atoms with Crippen LogP contribution in [-0.4, -0.2) is 17.5 Å². The summed E-state index contributed by atoms with van der Waals surface area (Å²) < 4.78 is 13.7. The molecule has 0 spiro atoms. The van der Waals surface area contributed by atoms with Gasteiger partial charge < -0.3 is 5.32 Å². The molecule has 0 radical (unpaired) electrons. The van der Waals surface area contributed by atoms with Gasteiger partial charge in [-0.25, -0.2) is 4.39 Å². The zero-order valence-electron chi connectivity index (χ0n) is 13.3. The maximum absolute atomic E-state index is 13.7. The number of benzene rings is 1. The predicted octanol–water partition coefficient (Wildman–Crippen LogP) is 5.24. The second-order valence-electron chi connectivity index (χ2n) is 6.16. The van der Waals surface area contributed by atoms with E-state index in [2.05, 4.69) is 30.1 Å². The lowest BCUT2D eigenvalue weighted by atomic mass is 10.0. The van der Waals surface area contributed by atoms with Crippen molar-refractivity contribution in [1.29, 1.82) is 0 Å². The van der Waals surface area contributed by atoms with Gasteiger partial charge in [-0.05, 0) is 56.0 Å². The van der Waals surface area contributed by atoms with Crippen LogP contribution in [0.15, 0.2) is 18.2 Å². The van der Waals surface area contributed by atoms with E-state index in [0.717, 1.165) is 35.1 Å². The summed E-state index contributed by atoms with van der Waals surface area (Å²) in [6.45, 7) is 5.14. The van der Waals surface area contributed by atoms with Crippen molar-refractivity contribution in [3.8, 4) is 0 Å². The summed E-state index contributed by atoms with van der Waals surface area (Å²) >= 11 is 2.08. The Bertz CT molecular complexity index is 409. The molecule has 2 rings (SSSR count). The van der Waals surface area contributed by atoms with Crippen molar-refractivity contribution in [2.24, 2.45) is 0 Å². The molecule has 1 fully saturated rings. The number of rotatable bonds is 7. The van der Waals surface area contributed by atoms with Gasteiger partial charge in [-0.3, -0.25) is 0 Å². The summed E-state index contributed by atoms with van der Waals surface area (Å²) in [5.41, 5.74) is 2.11. The number of hydrogen-bond donors (Lipinski definition) is 1. The van der Waals surface area contributed by atoms with Crippen LogP contribution in [0.4, 0.5) is 4.39 Å². The van der Waals surface area contributed by atoms with Crippen LogP contribution < -0.4 is 5.32 Å². The molecule has 1 atom stereocenters. The SMILES string of the molecule is CCCNC(CSC1CCCCC1)c1cc(C)cc(F)c1. The Labute approximate surface area is 133 Å². The Hall–Kier alpha value is -0.540. The minimum atomic E-state index is -0.115. The van der Waals surface area contributed by atoms with Crippen LogP contribution in [0.2, 0.25) is 0 Å². The fourth-order valence-electron chi connectivity index (χ4n) is 3.02. The van der Waals surface area contributed by atoms with E-state index < -0.39 is 0 Å². The van der Waals surface area contributed by atoms with Crippen molar-refractivity contribution in [1.82, 2.24) is 5.32 Å². The molecule has 0 saturated heterocycles. The zero-order valence-corrected chi connectivity index (χ0v) is 14.1. The number of aryl methyl sites for hydroxylation is 1. The lowest BCUT2D eigenvalue weighted by molar-refractivity contribution is 0.513. The summed E-state index contributed by atoms with van der Waals surface area (Å²) in [6.07, 6.45) is 7.98. The number of halogens is 1. The van der Waals surface area contributed by atoms with Crippen molar-refractivity contribution >= 4 is 11.8 Å². The van der Waals surface area contributed by atoms with Crippen molar-refractivity contribution in [3.63, 3.8) is 0 Å². The first-order chi connectivity index (χ1) is 10.2. The van der Waals surface area contributed by atoms with Crippen LogP contribution in [-0.2, 0) is 0 Å². The van der Waals surface area contributed by atoms with Gasteiger partial charge in [0.05, 0.1) is 0 Å². The zero-order chi connectivity index (χ0) is 15.1. The normalized spacial score (nSPS) is 17.9. The monoisotopic (exact) mass is 309 g/mol. The van der Waals surface area contributed by atoms with E-state index >= 15 is 0 Å². The molecule has 1 nitrogen and oxygen atoms in total. The standard InChI is InChI=1S/C18H28FNS/c1-3-9-20-18(13-21-17-7-5-4-6-8-17)15-10-14(2)11-16(19)12-15/h10-12,17-18,20H,3-9,13H2,1-2H3. The van der Waals surface area contributed by atoms with E-state index in [1.807, 2.05) is 6.92 Å². The summed E-state index contributed by atoms with van der Waals surface area (Å²) in [4.78, 5) is 0. The third kappa shape index (κ3) is 5.63. The van der Waals surface area contributed by atoms with Crippen molar-refractivity contribution < 1.29 is 4.39 Å². The largest absolute Gasteiger partial charge is 0.309 e. The average molecular weight is 309 g/mol. The third-order valence-corrected chi connectivity index (χ3v) is 5.63. The molecule has 3 heteroatoms. The molecule has 1 aromatic rings. The summed E-state index contributed by atoms with van der Waals surface area (Å²) in [6, 6.07) is 5.69. The molecule has 1 unspecified atom stereocenters. The Morgan fingerprint density at radius 3 is 2.67 bits per heavy atom. The summed E-state index contributed by atoms with van der Waals surface area (Å²) in [5, 5.41) is 4.40. The highest BCUT2D eigenvalue weighted by Gasteiger charge is 2.18. The van der Waals surface area contributed by atoms with E-state index in [0.29, 0.717) is 0 Å². The number of nitrogens with one attached hydrogen (secondary N) is 1. The van der Waals surface area contributed by atoms with Gasteiger partial charge >= 0.3 is 0 Å². The highest BCUT2D eigenvalue weighted by Crippen LogP contribution is 2.31. The lowest BCUT2D eigenvalue weighted by Crippen LogP contribution is -2.25. The van der Waals surface area contributed by atoms with Gasteiger partial charge in [-0.1, -0.05) is 32.3 Å². The molecule has 21 heavy (non-hydrogen) atoms. The first kappa shape index (κ1) is 16.8. The fraction of sp³-hybridized carbons (Fsp3) is 0.667. The maximum Gasteiger partial charge on any atom is 0.123 e. The first-order valence-corrected chi connectivity index (χ1v) is 9.36. The van der Waals surface area contributed by atoms with E-state index in [4.69, 9.17) is 0 Å². The van der Waals surface area contributed by atoms with Crippen LogP contribution in [0.3, 0.4) is 0 Å². The minimum absolute atomic E-state index is 0.115. The average Bonchev–Trinajstić information content (AvgIpc) is 2.47. The Morgan fingerprint density at radius 1 is 1.24 bits per heavy atom. The number of hydrogen-bond acceptors (Lipinski definition) is 2. The van der Waals surface area contributed by atoms with Crippen LogP contribution in [0.25, 0.3) is 0 Å². The summed E-state index contributed by atoms with van der Waals surface area (Å²) in [5.74, 6) is 0.934. The Morgan fingerprint density at radius 2 is 2.00 bits per heavy atom. The fourth-order valence-corrected chi connectivity index (χ4v) is 4.46. The Balaban J connectivity index is 1.98. The lowest BCUT2D eigenvalue weighted by Gasteiger charge is -2.25. The topological polar surface area (TPSA) is 12.0 Å². The molecule has 0 amide bonds. The van der Waals surface area contributed by atoms with Crippen molar-refractivity contribution in [2.45, 2.75) is 63.7 Å². The van der Waals surface area contributed by atoms with Gasteiger partial charge in [0, 0.05) is 17.0 Å². The second kappa shape index (κ2) is 8.79. The van der Waals surface area contributed by atoms with Crippen LogP contribution in [0.5, 0.6) is 0 Å². The van der Waals surface area contributed by atoms with Gasteiger partial charge in [-0.15, -0.1) is 0 Å². The minimum Gasteiger partial charge on any atom is -0.309 e. The first-order valence-electron chi connectivity index (χ1n) is 8.31. The van der Waals surface area contributed by atoms with Gasteiger partial charge in [0.15, 0.2) is 0 Å². The molecular formula is C18H28FNS. The molecule has 0 aromatic heterocycles. The quantitative estimate of drug-likeness (QED) is 0.739. The van der Waals surface area contributed by atoms with Gasteiger partial charge in [0.1, 0.15) is 5.82 Å². The molecule has 1 aliphatic rings. The smallest absolute Gasteiger partial charge is 0.123 e. The second-order valence-corrected chi connectivity index (χ2v) is 7.50. The van der Waals surface area contributed by atoms with Gasteiger partial charge in [-0.2, -0.15) is 11.8 Å². The van der Waals surface area contributed by atoms with Crippen LogP contribution in [0.1, 0.15) is 62.6 Å². The van der Waals surface area contributed by atoms with E-state index in [-0.39, 0.29) is 11.9 Å². The van der Waals surface area contributed by atoms with Crippen molar-refractivity contribution in [3.05, 3.63) is 35.1 Å². The van der Waals surface area contributed by atoms with Gasteiger partial charge in [0.2, 0.25) is 0 Å².